The van der Waals surface area contributed by atoms with E-state index in [0.29, 0.717) is 12.8 Å². The van der Waals surface area contributed by atoms with Gasteiger partial charge in [0.1, 0.15) is 29.5 Å². The molecule has 0 aromatic heterocycles. The number of rotatable bonds is 7. The number of ketones is 1. The zero-order chi connectivity index (χ0) is 37.3. The van der Waals surface area contributed by atoms with Crippen molar-refractivity contribution in [2.45, 2.75) is 133 Å². The zero-order valence-corrected chi connectivity index (χ0v) is 29.8. The summed E-state index contributed by atoms with van der Waals surface area (Å²) in [7, 11) is 0. The lowest BCUT2D eigenvalue weighted by molar-refractivity contribution is -0.343. The van der Waals surface area contributed by atoms with E-state index in [0.717, 1.165) is 19.3 Å². The van der Waals surface area contributed by atoms with Gasteiger partial charge < -0.3 is 45.1 Å². The van der Waals surface area contributed by atoms with E-state index in [1.165, 1.54) is 26.0 Å². The molecule has 13 nitrogen and oxygen atoms in total. The maximum atomic E-state index is 14.6. The van der Waals surface area contributed by atoms with Crippen LogP contribution in [-0.2, 0) is 28.6 Å². The van der Waals surface area contributed by atoms with E-state index < -0.39 is 101 Å². The highest BCUT2D eigenvalue weighted by molar-refractivity contribution is 5.94. The van der Waals surface area contributed by atoms with Crippen molar-refractivity contribution < 1.29 is 58.9 Å². The van der Waals surface area contributed by atoms with Crippen LogP contribution in [0.25, 0.3) is 0 Å². The number of nitrogens with one attached hydrogen (secondary N) is 1. The third-order valence-corrected chi connectivity index (χ3v) is 13.0. The van der Waals surface area contributed by atoms with Gasteiger partial charge in [-0.2, -0.15) is 0 Å². The second-order valence-corrected chi connectivity index (χ2v) is 16.1. The van der Waals surface area contributed by atoms with Crippen LogP contribution in [0.4, 0.5) is 0 Å². The lowest BCUT2D eigenvalue weighted by Gasteiger charge is -2.66. The van der Waals surface area contributed by atoms with Crippen molar-refractivity contribution in [1.29, 1.82) is 0 Å². The van der Waals surface area contributed by atoms with Gasteiger partial charge in [-0.15, -0.1) is 0 Å². The number of fused-ring (bicyclic) bond motifs is 5. The van der Waals surface area contributed by atoms with Crippen LogP contribution in [0.15, 0.2) is 41.5 Å². The van der Waals surface area contributed by atoms with Gasteiger partial charge in [-0.3, -0.25) is 9.59 Å². The molecular weight excluding hydrogens is 662 g/mol. The van der Waals surface area contributed by atoms with Crippen LogP contribution in [-0.4, -0.2) is 110 Å². The number of aliphatic hydroxyl groups excluding tert-OH is 3. The number of carbonyl (C=O) groups excluding carboxylic acids is 4. The molecule has 9 unspecified atom stereocenters. The first-order chi connectivity index (χ1) is 23.9. The Balaban J connectivity index is 1.46. The Hall–Kier alpha value is -3.20. The van der Waals surface area contributed by atoms with E-state index >= 15 is 0 Å². The minimum atomic E-state index is -2.25. The molecule has 1 aliphatic heterocycles. The molecule has 0 spiro atoms. The predicted octanol–water partition coefficient (Wildman–Crippen LogP) is 1.51. The maximum absolute atomic E-state index is 14.6. The number of carbonyl (C=O) groups is 4. The van der Waals surface area contributed by atoms with E-state index in [1.54, 1.807) is 39.0 Å². The number of Topliss-reactive ketones (excluding diaryl/α,β-unsaturated/α-hetero) is 1. The van der Waals surface area contributed by atoms with Crippen LogP contribution in [0, 0.1) is 22.7 Å². The Morgan fingerprint density at radius 2 is 1.65 bits per heavy atom. The van der Waals surface area contributed by atoms with E-state index in [-0.39, 0.29) is 35.7 Å². The SMILES string of the molecule is CC(=O)NC(C1CCCCC1)C(O)C(=O)OC1CC2(O)C(OC(=O)c3ccccc3)C3[C@]4(O)COC4CC(O)[C@@]3(C)C(=O)C(O)C(=C1C)C2(C)C. The molecule has 4 fully saturated rings. The number of hydrogen-bond acceptors (Lipinski definition) is 12. The largest absolute Gasteiger partial charge is 0.456 e. The van der Waals surface area contributed by atoms with Gasteiger partial charge in [0.05, 0.1) is 35.8 Å². The Bertz CT molecular complexity index is 1590. The highest BCUT2D eigenvalue weighted by Gasteiger charge is 2.76. The molecule has 1 aromatic rings. The Labute approximate surface area is 297 Å². The summed E-state index contributed by atoms with van der Waals surface area (Å²) in [4.78, 5) is 54.4. The molecule has 2 bridgehead atoms. The van der Waals surface area contributed by atoms with E-state index in [4.69, 9.17) is 14.2 Å². The molecule has 51 heavy (non-hydrogen) atoms. The smallest absolute Gasteiger partial charge is 0.338 e. The number of benzene rings is 1. The topological polar surface area (TPSA) is 209 Å². The quantitative estimate of drug-likeness (QED) is 0.176. The van der Waals surface area contributed by atoms with Gasteiger partial charge in [0.2, 0.25) is 5.91 Å². The fourth-order valence-corrected chi connectivity index (χ4v) is 9.92. The number of esters is 2. The first-order valence-corrected chi connectivity index (χ1v) is 18.0. The Morgan fingerprint density at radius 3 is 2.24 bits per heavy atom. The average Bonchev–Trinajstić information content (AvgIpc) is 3.09. The number of aliphatic hydroxyl groups is 5. The molecule has 1 heterocycles. The maximum Gasteiger partial charge on any atom is 0.338 e. The van der Waals surface area contributed by atoms with Crippen LogP contribution in [0.5, 0.6) is 0 Å². The van der Waals surface area contributed by atoms with Crippen LogP contribution in [0.2, 0.25) is 0 Å². The second kappa shape index (κ2) is 13.3. The van der Waals surface area contributed by atoms with Crippen LogP contribution < -0.4 is 5.32 Å². The van der Waals surface area contributed by atoms with Crippen molar-refractivity contribution in [2.24, 2.45) is 22.7 Å². The molecule has 13 heteroatoms. The van der Waals surface area contributed by atoms with Gasteiger partial charge in [0, 0.05) is 31.1 Å². The van der Waals surface area contributed by atoms with Crippen LogP contribution >= 0.6 is 0 Å². The van der Waals surface area contributed by atoms with Crippen molar-refractivity contribution in [3.63, 3.8) is 0 Å². The van der Waals surface area contributed by atoms with Crippen molar-refractivity contribution in [2.75, 3.05) is 6.61 Å². The molecule has 4 aliphatic carbocycles. The fraction of sp³-hybridized carbons (Fsp3) is 0.684. The van der Waals surface area contributed by atoms with E-state index in [2.05, 4.69) is 5.32 Å². The van der Waals surface area contributed by atoms with Gasteiger partial charge in [-0.25, -0.2) is 9.59 Å². The van der Waals surface area contributed by atoms with Crippen molar-refractivity contribution in [1.82, 2.24) is 5.32 Å². The van der Waals surface area contributed by atoms with Crippen molar-refractivity contribution in [3.05, 3.63) is 47.0 Å². The molecule has 1 amide bonds. The molecule has 6 rings (SSSR count). The standard InChI is InChI=1S/C38H51NO12/c1-19-23(50-34(46)29(43)27(39-20(2)40)21-12-8-6-9-13-21)17-38(48)32(51-33(45)22-14-10-7-11-15-22)30-36(5,24(41)16-25-37(30,47)18-49-25)31(44)28(42)26(19)35(38,3)4/h7,10-11,14-15,21,23-25,27-30,32,41-43,47-48H,6,8-9,12-13,16-18H2,1-5H3,(H,39,40)/t23?,24?,25?,27?,28?,29?,30?,32?,36-,37+,38?/m1/s1. The summed E-state index contributed by atoms with van der Waals surface area (Å²) in [5.74, 6) is -4.90. The summed E-state index contributed by atoms with van der Waals surface area (Å²) >= 11 is 0. The molecule has 1 aromatic carbocycles. The molecular formula is C38H51NO12. The predicted molar refractivity (Wildman–Crippen MR) is 180 cm³/mol. The van der Waals surface area contributed by atoms with Gasteiger partial charge in [-0.1, -0.05) is 51.3 Å². The Morgan fingerprint density at radius 1 is 1.00 bits per heavy atom. The zero-order valence-electron chi connectivity index (χ0n) is 29.8. The summed E-state index contributed by atoms with van der Waals surface area (Å²) < 4.78 is 17.8. The van der Waals surface area contributed by atoms with Gasteiger partial charge >= 0.3 is 11.9 Å². The lowest BCUT2D eigenvalue weighted by atomic mass is 9.44. The number of ether oxygens (including phenoxy) is 3. The average molecular weight is 714 g/mol. The molecule has 3 saturated carbocycles. The second-order valence-electron chi connectivity index (χ2n) is 16.1. The molecule has 280 valence electrons. The molecule has 11 atom stereocenters. The first kappa shape index (κ1) is 37.6. The summed E-state index contributed by atoms with van der Waals surface area (Å²) in [5, 5.41) is 63.0. The summed E-state index contributed by atoms with van der Waals surface area (Å²) in [6, 6.07) is 7.03. The summed E-state index contributed by atoms with van der Waals surface area (Å²) in [6.45, 7) is 7.12. The fourth-order valence-electron chi connectivity index (χ4n) is 9.92. The summed E-state index contributed by atoms with van der Waals surface area (Å²) in [6.07, 6.45) is -5.62. The molecule has 5 aliphatic rings. The summed E-state index contributed by atoms with van der Waals surface area (Å²) in [5.41, 5.74) is -7.22. The minimum Gasteiger partial charge on any atom is -0.456 e. The number of amides is 1. The number of hydrogen-bond donors (Lipinski definition) is 6. The molecule has 0 radical (unpaired) electrons. The van der Waals surface area contributed by atoms with E-state index in [1.807, 2.05) is 0 Å². The highest BCUT2D eigenvalue weighted by atomic mass is 16.6. The lowest BCUT2D eigenvalue weighted by Crippen LogP contribution is -2.81. The third kappa shape index (κ3) is 5.84. The van der Waals surface area contributed by atoms with Gasteiger partial charge in [0.25, 0.3) is 0 Å². The molecule has 1 saturated heterocycles. The van der Waals surface area contributed by atoms with Gasteiger partial charge in [-0.05, 0) is 55.9 Å². The van der Waals surface area contributed by atoms with Gasteiger partial charge in [0.15, 0.2) is 11.9 Å². The van der Waals surface area contributed by atoms with E-state index in [9.17, 15) is 44.7 Å². The molecule has 6 N–H and O–H groups in total. The normalized spacial score (nSPS) is 38.8. The highest BCUT2D eigenvalue weighted by Crippen LogP contribution is 2.63. The van der Waals surface area contributed by atoms with Crippen LogP contribution in [0.1, 0.15) is 89.9 Å². The minimum absolute atomic E-state index is 0.00541. The third-order valence-electron chi connectivity index (χ3n) is 13.0. The Kier molecular flexibility index (Phi) is 9.82. The first-order valence-electron chi connectivity index (χ1n) is 18.0. The van der Waals surface area contributed by atoms with Crippen molar-refractivity contribution >= 4 is 23.6 Å². The van der Waals surface area contributed by atoms with Crippen LogP contribution in [0.3, 0.4) is 0 Å². The monoisotopic (exact) mass is 713 g/mol. The van der Waals surface area contributed by atoms with Crippen molar-refractivity contribution in [3.8, 4) is 0 Å².